The van der Waals surface area contributed by atoms with Gasteiger partial charge in [-0.05, 0) is 17.7 Å². The SMILES string of the molecule is CN(Cc1ccncc1)C(=O)C(F)(F)C(F)F. The van der Waals surface area contributed by atoms with Gasteiger partial charge in [0.15, 0.2) is 0 Å². The van der Waals surface area contributed by atoms with E-state index in [1.807, 2.05) is 0 Å². The van der Waals surface area contributed by atoms with Crippen LogP contribution in [0.2, 0.25) is 0 Å². The van der Waals surface area contributed by atoms with Gasteiger partial charge in [0, 0.05) is 26.0 Å². The molecular formula is C10H10F4N2O. The summed E-state index contributed by atoms with van der Waals surface area (Å²) < 4.78 is 49.4. The maximum absolute atomic E-state index is 12.7. The summed E-state index contributed by atoms with van der Waals surface area (Å²) in [5.74, 6) is -6.55. The molecule has 0 unspecified atom stereocenters. The molecule has 3 nitrogen and oxygen atoms in total. The molecule has 1 aromatic heterocycles. The summed E-state index contributed by atoms with van der Waals surface area (Å²) >= 11 is 0. The third-order valence-electron chi connectivity index (χ3n) is 2.08. The molecule has 0 aliphatic carbocycles. The first-order valence-electron chi connectivity index (χ1n) is 4.66. The molecule has 1 amide bonds. The quantitative estimate of drug-likeness (QED) is 0.765. The predicted molar refractivity (Wildman–Crippen MR) is 51.7 cm³/mol. The maximum Gasteiger partial charge on any atom is 0.383 e. The molecule has 0 N–H and O–H groups in total. The summed E-state index contributed by atoms with van der Waals surface area (Å²) in [6, 6.07) is 3.01. The molecule has 94 valence electrons. The summed E-state index contributed by atoms with van der Waals surface area (Å²) in [5.41, 5.74) is 0.529. The Balaban J connectivity index is 2.72. The molecule has 0 radical (unpaired) electrons. The van der Waals surface area contributed by atoms with Gasteiger partial charge in [-0.15, -0.1) is 0 Å². The molecule has 0 saturated carbocycles. The molecule has 0 bridgehead atoms. The molecule has 0 atom stereocenters. The molecule has 1 aromatic rings. The summed E-state index contributed by atoms with van der Waals surface area (Å²) in [6.07, 6.45) is -1.17. The third kappa shape index (κ3) is 3.15. The van der Waals surface area contributed by atoms with Crippen molar-refractivity contribution in [2.45, 2.75) is 18.9 Å². The number of carbonyl (C=O) groups excluding carboxylic acids is 1. The fraction of sp³-hybridized carbons (Fsp3) is 0.400. The van der Waals surface area contributed by atoms with E-state index in [1.54, 1.807) is 0 Å². The third-order valence-corrected chi connectivity index (χ3v) is 2.08. The van der Waals surface area contributed by atoms with Crippen molar-refractivity contribution < 1.29 is 22.4 Å². The Kier molecular flexibility index (Phi) is 4.03. The Labute approximate surface area is 95.1 Å². The van der Waals surface area contributed by atoms with Crippen LogP contribution in [0, 0.1) is 0 Å². The zero-order chi connectivity index (χ0) is 13.1. The molecule has 1 rings (SSSR count). The minimum absolute atomic E-state index is 0.177. The summed E-state index contributed by atoms with van der Waals surface area (Å²) in [7, 11) is 1.04. The minimum atomic E-state index is -4.65. The number of rotatable bonds is 4. The average molecular weight is 250 g/mol. The number of amides is 1. The van der Waals surface area contributed by atoms with Crippen LogP contribution in [0.4, 0.5) is 17.6 Å². The number of hydrogen-bond acceptors (Lipinski definition) is 2. The van der Waals surface area contributed by atoms with Gasteiger partial charge in [-0.2, -0.15) is 8.78 Å². The van der Waals surface area contributed by atoms with Crippen LogP contribution in [-0.4, -0.2) is 35.2 Å². The monoisotopic (exact) mass is 250 g/mol. The molecule has 0 aromatic carbocycles. The van der Waals surface area contributed by atoms with Gasteiger partial charge in [0.05, 0.1) is 0 Å². The van der Waals surface area contributed by atoms with E-state index < -0.39 is 18.3 Å². The first-order chi connectivity index (χ1) is 7.85. The highest BCUT2D eigenvalue weighted by Gasteiger charge is 2.50. The van der Waals surface area contributed by atoms with E-state index >= 15 is 0 Å². The van der Waals surface area contributed by atoms with Crippen molar-refractivity contribution in [2.75, 3.05) is 7.05 Å². The Bertz CT molecular complexity index is 383. The number of halogens is 4. The van der Waals surface area contributed by atoms with E-state index in [4.69, 9.17) is 0 Å². The predicted octanol–water partition coefficient (Wildman–Crippen LogP) is 1.94. The molecular weight excluding hydrogens is 240 g/mol. The van der Waals surface area contributed by atoms with Crippen molar-refractivity contribution in [1.29, 1.82) is 0 Å². The molecule has 1 heterocycles. The van der Waals surface area contributed by atoms with Crippen LogP contribution in [0.3, 0.4) is 0 Å². The zero-order valence-electron chi connectivity index (χ0n) is 8.91. The van der Waals surface area contributed by atoms with Crippen LogP contribution < -0.4 is 0 Å². The van der Waals surface area contributed by atoms with Crippen molar-refractivity contribution in [3.63, 3.8) is 0 Å². The number of carbonyl (C=O) groups is 1. The van der Waals surface area contributed by atoms with Crippen molar-refractivity contribution in [3.8, 4) is 0 Å². The average Bonchev–Trinajstić information content (AvgIpc) is 2.29. The highest BCUT2D eigenvalue weighted by molar-refractivity contribution is 5.83. The Hall–Kier alpha value is -1.66. The van der Waals surface area contributed by atoms with Crippen LogP contribution in [0.15, 0.2) is 24.5 Å². The van der Waals surface area contributed by atoms with Crippen molar-refractivity contribution in [1.82, 2.24) is 9.88 Å². The fourth-order valence-corrected chi connectivity index (χ4v) is 1.18. The Morgan fingerprint density at radius 3 is 2.41 bits per heavy atom. The van der Waals surface area contributed by atoms with Gasteiger partial charge in [-0.1, -0.05) is 0 Å². The molecule has 0 fully saturated rings. The lowest BCUT2D eigenvalue weighted by Crippen LogP contribution is -2.45. The second-order valence-electron chi connectivity index (χ2n) is 3.44. The molecule has 0 saturated heterocycles. The number of nitrogens with zero attached hydrogens (tertiary/aromatic N) is 2. The van der Waals surface area contributed by atoms with Gasteiger partial charge in [0.2, 0.25) is 0 Å². The summed E-state index contributed by atoms with van der Waals surface area (Å²) in [5, 5.41) is 0. The lowest BCUT2D eigenvalue weighted by Gasteiger charge is -2.22. The van der Waals surface area contributed by atoms with Gasteiger partial charge >= 0.3 is 12.3 Å². The summed E-state index contributed by atoms with van der Waals surface area (Å²) in [4.78, 5) is 15.4. The highest BCUT2D eigenvalue weighted by Crippen LogP contribution is 2.25. The van der Waals surface area contributed by atoms with Crippen LogP contribution in [0.25, 0.3) is 0 Å². The topological polar surface area (TPSA) is 33.2 Å². The number of hydrogen-bond donors (Lipinski definition) is 0. The second kappa shape index (κ2) is 5.11. The molecule has 0 spiro atoms. The minimum Gasteiger partial charge on any atom is -0.336 e. The lowest BCUT2D eigenvalue weighted by atomic mass is 10.2. The maximum atomic E-state index is 12.7. The zero-order valence-corrected chi connectivity index (χ0v) is 8.91. The fourth-order valence-electron chi connectivity index (χ4n) is 1.18. The van der Waals surface area contributed by atoms with Crippen LogP contribution in [0.1, 0.15) is 5.56 Å². The Morgan fingerprint density at radius 2 is 1.94 bits per heavy atom. The first-order valence-corrected chi connectivity index (χ1v) is 4.66. The largest absolute Gasteiger partial charge is 0.383 e. The van der Waals surface area contributed by atoms with E-state index in [0.717, 1.165) is 7.05 Å². The standard InChI is InChI=1S/C10H10F4N2O/c1-16(6-7-2-4-15-5-3-7)9(17)10(13,14)8(11)12/h2-5,8H,6H2,1H3. The van der Waals surface area contributed by atoms with E-state index in [2.05, 4.69) is 4.98 Å². The number of alkyl halides is 4. The molecule has 7 heteroatoms. The van der Waals surface area contributed by atoms with Gasteiger partial charge in [0.25, 0.3) is 5.91 Å². The second-order valence-corrected chi connectivity index (χ2v) is 3.44. The number of pyridine rings is 1. The van der Waals surface area contributed by atoms with Crippen LogP contribution in [-0.2, 0) is 11.3 Å². The van der Waals surface area contributed by atoms with Crippen molar-refractivity contribution >= 4 is 5.91 Å². The van der Waals surface area contributed by atoms with Crippen LogP contribution >= 0.6 is 0 Å². The number of aromatic nitrogens is 1. The van der Waals surface area contributed by atoms with E-state index in [1.165, 1.54) is 24.5 Å². The Morgan fingerprint density at radius 1 is 1.41 bits per heavy atom. The van der Waals surface area contributed by atoms with E-state index in [9.17, 15) is 22.4 Å². The van der Waals surface area contributed by atoms with Gasteiger partial charge in [0.1, 0.15) is 0 Å². The summed E-state index contributed by atoms with van der Waals surface area (Å²) in [6.45, 7) is -0.177. The van der Waals surface area contributed by atoms with Gasteiger partial charge in [-0.25, -0.2) is 8.78 Å². The van der Waals surface area contributed by atoms with Crippen molar-refractivity contribution in [2.24, 2.45) is 0 Å². The smallest absolute Gasteiger partial charge is 0.336 e. The van der Waals surface area contributed by atoms with E-state index in [0.29, 0.717) is 10.5 Å². The highest BCUT2D eigenvalue weighted by atomic mass is 19.3. The van der Waals surface area contributed by atoms with E-state index in [-0.39, 0.29) is 6.54 Å². The normalized spacial score (nSPS) is 11.6. The van der Waals surface area contributed by atoms with Gasteiger partial charge in [-0.3, -0.25) is 9.78 Å². The van der Waals surface area contributed by atoms with Gasteiger partial charge < -0.3 is 4.90 Å². The molecule has 0 aliphatic rings. The molecule has 0 aliphatic heterocycles. The van der Waals surface area contributed by atoms with Crippen LogP contribution in [0.5, 0.6) is 0 Å². The lowest BCUT2D eigenvalue weighted by molar-refractivity contribution is -0.179. The molecule has 17 heavy (non-hydrogen) atoms. The first kappa shape index (κ1) is 13.4. The van der Waals surface area contributed by atoms with Crippen molar-refractivity contribution in [3.05, 3.63) is 30.1 Å².